The van der Waals surface area contributed by atoms with Gasteiger partial charge >= 0.3 is 0 Å². The molecule has 1 aliphatic heterocycles. The van der Waals surface area contributed by atoms with Gasteiger partial charge in [-0.3, -0.25) is 0 Å². The van der Waals surface area contributed by atoms with Crippen molar-refractivity contribution in [2.75, 3.05) is 13.2 Å². The van der Waals surface area contributed by atoms with E-state index < -0.39 is 18.3 Å². The molecule has 4 nitrogen and oxygen atoms in total. The zero-order valence-electron chi connectivity index (χ0n) is 23.5. The van der Waals surface area contributed by atoms with Gasteiger partial charge in [0.05, 0.1) is 4.90 Å². The summed E-state index contributed by atoms with van der Waals surface area (Å²) in [6.45, 7) is 16.5. The summed E-state index contributed by atoms with van der Waals surface area (Å²) in [5.74, 6) is 0.317. The van der Waals surface area contributed by atoms with Crippen LogP contribution in [0.25, 0.3) is 5.57 Å². The van der Waals surface area contributed by atoms with Gasteiger partial charge in [0.2, 0.25) is 10.0 Å². The molecule has 2 aliphatic rings. The molecule has 0 amide bonds. The van der Waals surface area contributed by atoms with Gasteiger partial charge in [0.25, 0.3) is 0 Å². The minimum atomic E-state index is -3.64. The lowest BCUT2D eigenvalue weighted by Crippen LogP contribution is -2.44. The lowest BCUT2D eigenvalue weighted by atomic mass is 9.77. The second-order valence-corrected chi connectivity index (χ2v) is 18.9. The van der Waals surface area contributed by atoms with Gasteiger partial charge in [-0.15, -0.1) is 0 Å². The Balaban J connectivity index is 1.78. The molecule has 1 aliphatic carbocycles. The fraction of sp³-hybridized carbons (Fsp3) is 0.484. The molecule has 0 N–H and O–H groups in total. The first kappa shape index (κ1) is 28.0. The van der Waals surface area contributed by atoms with Crippen LogP contribution >= 0.6 is 0 Å². The molecule has 1 saturated heterocycles. The summed E-state index contributed by atoms with van der Waals surface area (Å²) in [5, 5.41) is 0.125. The van der Waals surface area contributed by atoms with Crippen molar-refractivity contribution in [3.05, 3.63) is 83.4 Å². The van der Waals surface area contributed by atoms with Gasteiger partial charge in [-0.1, -0.05) is 81.0 Å². The molecule has 3 atom stereocenters. The number of nitrogens with zero attached hydrogens (tertiary/aromatic N) is 1. The lowest BCUT2D eigenvalue weighted by Gasteiger charge is -2.39. The molecule has 0 spiro atoms. The van der Waals surface area contributed by atoms with Crippen LogP contribution in [0.3, 0.4) is 0 Å². The molecule has 6 heteroatoms. The van der Waals surface area contributed by atoms with E-state index in [1.165, 1.54) is 16.7 Å². The average molecular weight is 538 g/mol. The van der Waals surface area contributed by atoms with Gasteiger partial charge < -0.3 is 4.43 Å². The predicted molar refractivity (Wildman–Crippen MR) is 156 cm³/mol. The van der Waals surface area contributed by atoms with Crippen molar-refractivity contribution in [2.45, 2.75) is 76.5 Å². The maximum Gasteiger partial charge on any atom is 0.243 e. The summed E-state index contributed by atoms with van der Waals surface area (Å²) in [7, 11) is -5.58. The first-order chi connectivity index (χ1) is 17.3. The first-order valence-corrected chi connectivity index (χ1v) is 17.8. The lowest BCUT2D eigenvalue weighted by molar-refractivity contribution is 0.176. The van der Waals surface area contributed by atoms with Gasteiger partial charge in [-0.2, -0.15) is 4.31 Å². The van der Waals surface area contributed by atoms with Crippen molar-refractivity contribution >= 4 is 23.9 Å². The van der Waals surface area contributed by atoms with Crippen LogP contribution in [0.4, 0.5) is 0 Å². The van der Waals surface area contributed by atoms with Crippen LogP contribution in [0.15, 0.2) is 77.2 Å². The monoisotopic (exact) mass is 537 g/mol. The van der Waals surface area contributed by atoms with E-state index >= 15 is 0 Å². The van der Waals surface area contributed by atoms with E-state index in [4.69, 9.17) is 4.43 Å². The minimum Gasteiger partial charge on any atom is -0.417 e. The van der Waals surface area contributed by atoms with Gasteiger partial charge in [-0.25, -0.2) is 8.42 Å². The average Bonchev–Trinajstić information content (AvgIpc) is 3.16. The molecule has 0 saturated carbocycles. The Morgan fingerprint density at radius 1 is 1.00 bits per heavy atom. The number of allylic oxidation sites excluding steroid dienone is 3. The van der Waals surface area contributed by atoms with Gasteiger partial charge in [0.15, 0.2) is 8.32 Å². The second-order valence-electron chi connectivity index (χ2n) is 12.2. The van der Waals surface area contributed by atoms with Crippen molar-refractivity contribution in [3.8, 4) is 0 Å². The molecular weight excluding hydrogens is 494 g/mol. The van der Waals surface area contributed by atoms with Crippen LogP contribution < -0.4 is 0 Å². The molecule has 1 fully saturated rings. The van der Waals surface area contributed by atoms with Crippen LogP contribution in [0.2, 0.25) is 18.1 Å². The van der Waals surface area contributed by atoms with Crippen molar-refractivity contribution in [1.29, 1.82) is 0 Å². The third kappa shape index (κ3) is 5.73. The van der Waals surface area contributed by atoms with Gasteiger partial charge in [0, 0.05) is 25.1 Å². The smallest absolute Gasteiger partial charge is 0.243 e. The summed E-state index contributed by atoms with van der Waals surface area (Å²) < 4.78 is 36.4. The minimum absolute atomic E-state index is 0.102. The number of aryl methyl sites for hydroxylation is 1. The zero-order valence-corrected chi connectivity index (χ0v) is 25.3. The number of sulfonamides is 1. The zero-order chi connectivity index (χ0) is 27.0. The molecule has 2 aromatic rings. The number of rotatable bonds is 6. The Bertz CT molecular complexity index is 1260. The first-order valence-electron chi connectivity index (χ1n) is 13.5. The Kier molecular flexibility index (Phi) is 8.06. The summed E-state index contributed by atoms with van der Waals surface area (Å²) >= 11 is 0. The number of fused-ring (bicyclic) bond motifs is 1. The number of hydrogen-bond acceptors (Lipinski definition) is 3. The Morgan fingerprint density at radius 2 is 1.65 bits per heavy atom. The van der Waals surface area contributed by atoms with E-state index in [1.54, 1.807) is 16.4 Å². The maximum absolute atomic E-state index is 13.9. The van der Waals surface area contributed by atoms with E-state index in [9.17, 15) is 8.42 Å². The van der Waals surface area contributed by atoms with Crippen molar-refractivity contribution < 1.29 is 12.8 Å². The standard InChI is InChI=1S/C31H43NO3SSi/c1-23-17-19-27(20-18-23)36(33,34)32-21-29-28(25-13-9-8-10-14-25)16-12-11-15-26(30(29)24(32)2)22-35-37(6,7)31(3,4)5/h8-14,17-20,24,26,30H,15-16,21-22H2,1-7H3/b12-11-,29-28+/t24-,26+,30-/m1/s1. The molecule has 0 bridgehead atoms. The molecule has 200 valence electrons. The predicted octanol–water partition coefficient (Wildman–Crippen LogP) is 7.45. The van der Waals surface area contributed by atoms with E-state index in [0.717, 1.165) is 18.4 Å². The largest absolute Gasteiger partial charge is 0.417 e. The van der Waals surface area contributed by atoms with Crippen LogP contribution in [0.5, 0.6) is 0 Å². The van der Waals surface area contributed by atoms with Gasteiger partial charge in [0.1, 0.15) is 0 Å². The van der Waals surface area contributed by atoms with Crippen LogP contribution in [0, 0.1) is 18.8 Å². The fourth-order valence-electron chi connectivity index (χ4n) is 5.41. The quantitative estimate of drug-likeness (QED) is 0.284. The Labute approximate surface area is 225 Å². The molecule has 0 unspecified atom stereocenters. The van der Waals surface area contributed by atoms with Crippen LogP contribution in [0.1, 0.15) is 51.7 Å². The summed E-state index contributed by atoms with van der Waals surface area (Å²) in [4.78, 5) is 0.369. The second kappa shape index (κ2) is 10.6. The normalized spacial score (nSPS) is 26.4. The SMILES string of the molecule is Cc1ccc(S(=O)(=O)N2C/C3=C(\c4ccccc4)C/C=C\C[C@@H](CO[Si](C)(C)C(C)(C)C)[C@H]3[C@H]2C)cc1. The summed E-state index contributed by atoms with van der Waals surface area (Å²) in [5.41, 5.74) is 4.74. The maximum atomic E-state index is 13.9. The highest BCUT2D eigenvalue weighted by Crippen LogP contribution is 2.46. The summed E-state index contributed by atoms with van der Waals surface area (Å²) in [6.07, 6.45) is 6.25. The molecular formula is C31H43NO3SSi. The number of hydrogen-bond donors (Lipinski definition) is 0. The van der Waals surface area contributed by atoms with Crippen molar-refractivity contribution in [2.24, 2.45) is 11.8 Å². The van der Waals surface area contributed by atoms with E-state index in [1.807, 2.05) is 25.1 Å². The highest BCUT2D eigenvalue weighted by molar-refractivity contribution is 7.89. The van der Waals surface area contributed by atoms with E-state index in [2.05, 4.69) is 77.2 Å². The highest BCUT2D eigenvalue weighted by atomic mass is 32.2. The molecule has 0 aromatic heterocycles. The molecule has 4 rings (SSSR count). The molecule has 37 heavy (non-hydrogen) atoms. The van der Waals surface area contributed by atoms with Gasteiger partial charge in [-0.05, 0) is 79.6 Å². The fourth-order valence-corrected chi connectivity index (χ4v) is 8.10. The Morgan fingerprint density at radius 3 is 2.27 bits per heavy atom. The van der Waals surface area contributed by atoms with Crippen LogP contribution in [-0.4, -0.2) is 40.2 Å². The van der Waals surface area contributed by atoms with E-state index in [-0.39, 0.29) is 22.9 Å². The number of benzene rings is 2. The highest BCUT2D eigenvalue weighted by Gasteiger charge is 2.47. The van der Waals surface area contributed by atoms with Crippen molar-refractivity contribution in [3.63, 3.8) is 0 Å². The molecule has 0 radical (unpaired) electrons. The third-order valence-electron chi connectivity index (χ3n) is 8.74. The van der Waals surface area contributed by atoms with E-state index in [0.29, 0.717) is 18.0 Å². The van der Waals surface area contributed by atoms with Crippen LogP contribution in [-0.2, 0) is 14.4 Å². The Hall–Kier alpha value is -1.99. The summed E-state index contributed by atoms with van der Waals surface area (Å²) in [6, 6.07) is 17.6. The molecule has 1 heterocycles. The third-order valence-corrected chi connectivity index (χ3v) is 15.2. The van der Waals surface area contributed by atoms with Crippen molar-refractivity contribution in [1.82, 2.24) is 4.31 Å². The topological polar surface area (TPSA) is 46.6 Å². The molecule has 2 aromatic carbocycles.